The van der Waals surface area contributed by atoms with Gasteiger partial charge in [-0.3, -0.25) is 0 Å². The van der Waals surface area contributed by atoms with Crippen LogP contribution in [0, 0.1) is 11.8 Å². The molecule has 0 spiro atoms. The Balaban J connectivity index is 1.64. The molecule has 0 saturated heterocycles. The van der Waals surface area contributed by atoms with Gasteiger partial charge in [-0.2, -0.15) is 0 Å². The Bertz CT molecular complexity index is 1470. The zero-order chi connectivity index (χ0) is 30.8. The van der Waals surface area contributed by atoms with Crippen LogP contribution < -0.4 is 9.47 Å². The van der Waals surface area contributed by atoms with Crippen molar-refractivity contribution < 1.29 is 19.7 Å². The fraction of sp³-hybridized carbons (Fsp3) is 0.457. The zero-order valence-corrected chi connectivity index (χ0v) is 26.2. The summed E-state index contributed by atoms with van der Waals surface area (Å²) < 4.78 is 14.0. The Labute approximate surface area is 255 Å². The second-order valence-corrected chi connectivity index (χ2v) is 11.3. The smallest absolute Gasteiger partial charge is 0.180 e. The van der Waals surface area contributed by atoms with Crippen molar-refractivity contribution in [1.29, 1.82) is 0 Å². The molecule has 230 valence electrons. The second-order valence-electron chi connectivity index (χ2n) is 11.3. The van der Waals surface area contributed by atoms with Crippen LogP contribution in [0.15, 0.2) is 54.7 Å². The number of aromatic nitrogens is 4. The van der Waals surface area contributed by atoms with E-state index in [1.165, 1.54) is 12.8 Å². The molecule has 0 aliphatic heterocycles. The van der Waals surface area contributed by atoms with E-state index in [4.69, 9.17) is 24.4 Å². The van der Waals surface area contributed by atoms with Crippen LogP contribution in [0.25, 0.3) is 34.3 Å². The Morgan fingerprint density at radius 3 is 1.67 bits per heavy atom. The van der Waals surface area contributed by atoms with Gasteiger partial charge in [0.2, 0.25) is 0 Å². The van der Waals surface area contributed by atoms with Gasteiger partial charge in [0, 0.05) is 25.4 Å². The van der Waals surface area contributed by atoms with E-state index in [9.17, 15) is 10.2 Å². The van der Waals surface area contributed by atoms with Crippen molar-refractivity contribution in [2.24, 2.45) is 18.9 Å². The molecule has 8 nitrogen and oxygen atoms in total. The molecule has 8 heteroatoms. The third-order valence-electron chi connectivity index (χ3n) is 8.02. The summed E-state index contributed by atoms with van der Waals surface area (Å²) >= 11 is 0. The first kappa shape index (κ1) is 31.9. The first-order valence-corrected chi connectivity index (χ1v) is 15.7. The summed E-state index contributed by atoms with van der Waals surface area (Å²) in [5, 5.41) is 22.1. The highest BCUT2D eigenvalue weighted by Gasteiger charge is 2.19. The molecule has 2 aromatic carbocycles. The van der Waals surface area contributed by atoms with E-state index in [1.54, 1.807) is 24.3 Å². The van der Waals surface area contributed by atoms with Crippen LogP contribution in [-0.2, 0) is 7.05 Å². The number of hydrogen-bond donors (Lipinski definition) is 2. The van der Waals surface area contributed by atoms with E-state index < -0.39 is 0 Å². The van der Waals surface area contributed by atoms with Gasteiger partial charge in [0.15, 0.2) is 17.5 Å². The van der Waals surface area contributed by atoms with Gasteiger partial charge in [-0.25, -0.2) is 15.0 Å². The molecule has 2 heterocycles. The van der Waals surface area contributed by atoms with Gasteiger partial charge in [0.05, 0.1) is 30.0 Å². The molecule has 0 amide bonds. The SMILES string of the molecule is CCCCC(CC)COc1ccc(-c2nc(-c3ccc(OCC(CC)CCC)cc3O)nc(-c3cccn3C)n2)c(O)c1. The summed E-state index contributed by atoms with van der Waals surface area (Å²) in [7, 11) is 1.91. The number of aromatic hydroxyl groups is 2. The number of phenolic OH excluding ortho intramolecular Hbond substituents is 2. The molecule has 0 bridgehead atoms. The molecule has 2 aromatic heterocycles. The maximum absolute atomic E-state index is 11.0. The van der Waals surface area contributed by atoms with Crippen molar-refractivity contribution in [1.82, 2.24) is 19.5 Å². The number of benzene rings is 2. The summed E-state index contributed by atoms with van der Waals surface area (Å²) in [4.78, 5) is 14.1. The summed E-state index contributed by atoms with van der Waals surface area (Å²) in [6.45, 7) is 9.94. The highest BCUT2D eigenvalue weighted by atomic mass is 16.5. The molecule has 0 saturated carbocycles. The first-order valence-electron chi connectivity index (χ1n) is 15.7. The predicted octanol–water partition coefficient (Wildman–Crippen LogP) is 8.42. The Hall–Kier alpha value is -4.07. The average Bonchev–Trinajstić information content (AvgIpc) is 3.45. The Morgan fingerprint density at radius 1 is 0.698 bits per heavy atom. The van der Waals surface area contributed by atoms with E-state index in [0.29, 0.717) is 65.1 Å². The fourth-order valence-corrected chi connectivity index (χ4v) is 5.15. The summed E-state index contributed by atoms with van der Waals surface area (Å²) in [5.41, 5.74) is 1.68. The van der Waals surface area contributed by atoms with Crippen molar-refractivity contribution in [3.63, 3.8) is 0 Å². The molecule has 4 rings (SSSR count). The fourth-order valence-electron chi connectivity index (χ4n) is 5.15. The number of hydrogen-bond acceptors (Lipinski definition) is 7. The molecule has 2 unspecified atom stereocenters. The number of ether oxygens (including phenoxy) is 2. The highest BCUT2D eigenvalue weighted by molar-refractivity contribution is 5.72. The van der Waals surface area contributed by atoms with Crippen LogP contribution in [0.2, 0.25) is 0 Å². The third-order valence-corrected chi connectivity index (χ3v) is 8.02. The first-order chi connectivity index (χ1) is 20.9. The third kappa shape index (κ3) is 8.27. The maximum atomic E-state index is 11.0. The van der Waals surface area contributed by atoms with Crippen LogP contribution in [0.1, 0.15) is 72.6 Å². The second kappa shape index (κ2) is 15.4. The van der Waals surface area contributed by atoms with Gasteiger partial charge >= 0.3 is 0 Å². The van der Waals surface area contributed by atoms with Gasteiger partial charge in [0.1, 0.15) is 23.0 Å². The maximum Gasteiger partial charge on any atom is 0.180 e. The molecule has 43 heavy (non-hydrogen) atoms. The lowest BCUT2D eigenvalue weighted by atomic mass is 10.0. The van der Waals surface area contributed by atoms with Crippen LogP contribution in [-0.4, -0.2) is 42.9 Å². The van der Waals surface area contributed by atoms with Crippen LogP contribution in [0.4, 0.5) is 0 Å². The van der Waals surface area contributed by atoms with Gasteiger partial charge in [-0.15, -0.1) is 0 Å². The normalized spacial score (nSPS) is 12.7. The Kier molecular flexibility index (Phi) is 11.4. The highest BCUT2D eigenvalue weighted by Crippen LogP contribution is 2.36. The lowest BCUT2D eigenvalue weighted by molar-refractivity contribution is 0.232. The monoisotopic (exact) mass is 586 g/mol. The number of unbranched alkanes of at least 4 members (excludes halogenated alkanes) is 1. The predicted molar refractivity (Wildman–Crippen MR) is 171 cm³/mol. The van der Waals surface area contributed by atoms with E-state index in [0.717, 1.165) is 37.8 Å². The summed E-state index contributed by atoms with van der Waals surface area (Å²) in [5.74, 6) is 3.20. The standard InChI is InChI=1S/C35H46N4O4/c1-6-10-13-25(9-4)23-43-27-16-18-29(32(41)21-27)34-36-33(37-35(38-34)30-14-11-19-39(30)5)28-17-15-26(20-31(28)40)42-22-24(8-3)12-7-2/h11,14-21,24-25,40-41H,6-10,12-13,22-23H2,1-5H3. The number of phenols is 2. The molecule has 0 aliphatic carbocycles. The van der Waals surface area contributed by atoms with E-state index in [-0.39, 0.29) is 11.5 Å². The number of rotatable bonds is 16. The molecule has 0 aliphatic rings. The van der Waals surface area contributed by atoms with E-state index in [2.05, 4.69) is 27.7 Å². The van der Waals surface area contributed by atoms with Crippen LogP contribution in [0.5, 0.6) is 23.0 Å². The van der Waals surface area contributed by atoms with Crippen LogP contribution in [0.3, 0.4) is 0 Å². The largest absolute Gasteiger partial charge is 0.507 e. The number of nitrogens with zero attached hydrogens (tertiary/aromatic N) is 4. The number of aryl methyl sites for hydroxylation is 1. The van der Waals surface area contributed by atoms with Gasteiger partial charge in [-0.05, 0) is 61.1 Å². The Morgan fingerprint density at radius 2 is 1.23 bits per heavy atom. The summed E-state index contributed by atoms with van der Waals surface area (Å²) in [6.07, 6.45) is 9.71. The van der Waals surface area contributed by atoms with Gasteiger partial charge in [0.25, 0.3) is 0 Å². The van der Waals surface area contributed by atoms with Crippen molar-refractivity contribution >= 4 is 0 Å². The van der Waals surface area contributed by atoms with E-state index >= 15 is 0 Å². The van der Waals surface area contributed by atoms with E-state index in [1.807, 2.05) is 42.1 Å². The van der Waals surface area contributed by atoms with Crippen molar-refractivity contribution in [2.75, 3.05) is 13.2 Å². The summed E-state index contributed by atoms with van der Waals surface area (Å²) in [6, 6.07) is 14.2. The molecule has 2 N–H and O–H groups in total. The van der Waals surface area contributed by atoms with Crippen molar-refractivity contribution in [3.05, 3.63) is 54.7 Å². The molecule has 2 atom stereocenters. The van der Waals surface area contributed by atoms with Crippen LogP contribution >= 0.6 is 0 Å². The van der Waals surface area contributed by atoms with Gasteiger partial charge in [-0.1, -0.05) is 59.8 Å². The lowest BCUT2D eigenvalue weighted by Crippen LogP contribution is -2.11. The van der Waals surface area contributed by atoms with Gasteiger partial charge < -0.3 is 24.3 Å². The minimum absolute atomic E-state index is 0.0116. The molecule has 0 fully saturated rings. The topological polar surface area (TPSA) is 103 Å². The minimum atomic E-state index is 0.0116. The van der Waals surface area contributed by atoms with Crippen molar-refractivity contribution in [3.8, 4) is 57.3 Å². The molecule has 4 aromatic rings. The average molecular weight is 587 g/mol. The molecular weight excluding hydrogens is 540 g/mol. The zero-order valence-electron chi connectivity index (χ0n) is 26.2. The minimum Gasteiger partial charge on any atom is -0.507 e. The molecular formula is C35H46N4O4. The molecule has 0 radical (unpaired) electrons. The lowest BCUT2D eigenvalue weighted by Gasteiger charge is -2.16. The quantitative estimate of drug-likeness (QED) is 0.136. The van der Waals surface area contributed by atoms with Crippen molar-refractivity contribution in [2.45, 2.75) is 72.6 Å².